The third-order valence-corrected chi connectivity index (χ3v) is 14.0. The summed E-state index contributed by atoms with van der Waals surface area (Å²) in [6.07, 6.45) is 3.42. The molecule has 2 aliphatic heterocycles. The number of ether oxygens (including phenoxy) is 2. The molecule has 1 amide bonds. The van der Waals surface area contributed by atoms with Gasteiger partial charge in [-0.15, -0.1) is 22.7 Å². The number of fused-ring (bicyclic) bond motifs is 4. The first kappa shape index (κ1) is 31.5. The fourth-order valence-electron chi connectivity index (χ4n) is 8.07. The first-order chi connectivity index (χ1) is 22.9. The van der Waals surface area contributed by atoms with Gasteiger partial charge in [-0.25, -0.2) is 13.4 Å². The zero-order valence-electron chi connectivity index (χ0n) is 27.3. The van der Waals surface area contributed by atoms with Gasteiger partial charge < -0.3 is 14.8 Å². The predicted octanol–water partition coefficient (Wildman–Crippen LogP) is 8.49. The van der Waals surface area contributed by atoms with Crippen LogP contribution in [-0.4, -0.2) is 43.0 Å². The summed E-state index contributed by atoms with van der Waals surface area (Å²) >= 11 is 3.13. The van der Waals surface area contributed by atoms with Gasteiger partial charge in [-0.1, -0.05) is 39.0 Å². The van der Waals surface area contributed by atoms with Crippen LogP contribution in [0.1, 0.15) is 66.4 Å². The Morgan fingerprint density at radius 2 is 1.77 bits per heavy atom. The summed E-state index contributed by atoms with van der Waals surface area (Å²) in [7, 11) is -3.69. The second-order valence-electron chi connectivity index (χ2n) is 14.4. The van der Waals surface area contributed by atoms with E-state index < -0.39 is 10.0 Å². The number of benzene rings is 3. The molecule has 4 heterocycles. The van der Waals surface area contributed by atoms with Crippen LogP contribution < -0.4 is 14.8 Å². The summed E-state index contributed by atoms with van der Waals surface area (Å²) in [5.41, 5.74) is 4.44. The van der Waals surface area contributed by atoms with E-state index in [1.807, 2.05) is 36.4 Å². The van der Waals surface area contributed by atoms with Gasteiger partial charge in [-0.2, -0.15) is 4.31 Å². The second-order valence-corrected chi connectivity index (χ2v) is 18.5. The van der Waals surface area contributed by atoms with Crippen LogP contribution in [0, 0.1) is 17.8 Å². The van der Waals surface area contributed by atoms with Gasteiger partial charge in [0, 0.05) is 35.0 Å². The molecule has 1 saturated carbocycles. The molecule has 11 heteroatoms. The molecule has 3 aromatic carbocycles. The molecule has 248 valence electrons. The molecule has 0 spiro atoms. The highest BCUT2D eigenvalue weighted by Gasteiger charge is 2.53. The van der Waals surface area contributed by atoms with Gasteiger partial charge in [0.05, 0.1) is 15.1 Å². The van der Waals surface area contributed by atoms with E-state index >= 15 is 0 Å². The number of carbonyl (C=O) groups excluding carboxylic acids is 1. The van der Waals surface area contributed by atoms with Gasteiger partial charge in [0.15, 0.2) is 11.5 Å². The topological polar surface area (TPSA) is 97.8 Å². The highest BCUT2D eigenvalue weighted by molar-refractivity contribution is 7.89. The van der Waals surface area contributed by atoms with Crippen molar-refractivity contribution in [3.63, 3.8) is 0 Å². The molecule has 1 aliphatic carbocycles. The van der Waals surface area contributed by atoms with Gasteiger partial charge in [-0.05, 0) is 96.7 Å². The van der Waals surface area contributed by atoms with Crippen LogP contribution in [0.5, 0.6) is 11.5 Å². The van der Waals surface area contributed by atoms with Crippen molar-refractivity contribution in [2.24, 2.45) is 10.8 Å². The lowest BCUT2D eigenvalue weighted by Crippen LogP contribution is -2.37. The van der Waals surface area contributed by atoms with Crippen LogP contribution in [-0.2, 0) is 16.4 Å². The van der Waals surface area contributed by atoms with E-state index in [0.717, 1.165) is 67.6 Å². The molecule has 2 atom stereocenters. The van der Waals surface area contributed by atoms with E-state index in [1.165, 1.54) is 11.3 Å². The Hall–Kier alpha value is -3.77. The minimum atomic E-state index is -3.69. The number of aromatic nitrogens is 1. The first-order valence-electron chi connectivity index (χ1n) is 16.2. The second kappa shape index (κ2) is 11.4. The van der Waals surface area contributed by atoms with Crippen molar-refractivity contribution in [3.8, 4) is 22.1 Å². The monoisotopic (exact) mass is 699 g/mol. The Balaban J connectivity index is 1.08. The average Bonchev–Trinajstić information content (AvgIpc) is 3.80. The molecule has 2 fully saturated rings. The molecule has 2 aromatic heterocycles. The zero-order chi connectivity index (χ0) is 33.4. The lowest BCUT2D eigenvalue weighted by molar-refractivity contribution is 0.102. The number of nitrogens with one attached hydrogen (secondary N) is 1. The first-order valence-corrected chi connectivity index (χ1v) is 19.2. The number of sulfonamides is 1. The van der Waals surface area contributed by atoms with E-state index in [-0.39, 0.29) is 34.5 Å². The molecule has 3 aliphatic rings. The Kier molecular flexibility index (Phi) is 7.48. The summed E-state index contributed by atoms with van der Waals surface area (Å²) in [5, 5.41) is 4.71. The molecular formula is C37H37N3O5S3. The van der Waals surface area contributed by atoms with E-state index in [1.54, 1.807) is 39.9 Å². The Bertz CT molecular complexity index is 2150. The van der Waals surface area contributed by atoms with Crippen LogP contribution in [0.4, 0.5) is 5.00 Å². The number of carbonyl (C=O) groups is 1. The number of hydrogen-bond acceptors (Lipinski definition) is 8. The predicted molar refractivity (Wildman–Crippen MR) is 191 cm³/mol. The van der Waals surface area contributed by atoms with Crippen LogP contribution in [0.15, 0.2) is 71.6 Å². The van der Waals surface area contributed by atoms with Crippen molar-refractivity contribution < 1.29 is 22.7 Å². The lowest BCUT2D eigenvalue weighted by Gasteiger charge is -2.39. The molecule has 0 radical (unpaired) electrons. The molecule has 2 unspecified atom stereocenters. The van der Waals surface area contributed by atoms with Gasteiger partial charge in [0.1, 0.15) is 10.0 Å². The summed E-state index contributed by atoms with van der Waals surface area (Å²) in [5.74, 6) is 1.17. The number of anilines is 1. The van der Waals surface area contributed by atoms with Crippen LogP contribution in [0.2, 0.25) is 0 Å². The van der Waals surface area contributed by atoms with Crippen molar-refractivity contribution in [2.75, 3.05) is 18.7 Å². The third-order valence-electron chi connectivity index (χ3n) is 9.87. The van der Waals surface area contributed by atoms with E-state index in [2.05, 4.69) is 39.1 Å². The summed E-state index contributed by atoms with van der Waals surface area (Å²) in [4.78, 5) is 20.0. The fraction of sp³-hybridized carbons (Fsp3) is 0.351. The van der Waals surface area contributed by atoms with Crippen molar-refractivity contribution in [2.45, 2.75) is 64.3 Å². The van der Waals surface area contributed by atoms with Crippen molar-refractivity contribution in [1.82, 2.24) is 9.29 Å². The number of thiazole rings is 1. The summed E-state index contributed by atoms with van der Waals surface area (Å²) in [6, 6.07) is 20.3. The van der Waals surface area contributed by atoms with Crippen LogP contribution in [0.25, 0.3) is 20.8 Å². The lowest BCUT2D eigenvalue weighted by atomic mass is 9.65. The maximum Gasteiger partial charge on any atom is 0.256 e. The van der Waals surface area contributed by atoms with Crippen LogP contribution in [0.3, 0.4) is 0 Å². The number of nitrogens with zero attached hydrogens (tertiary/aromatic N) is 2. The van der Waals surface area contributed by atoms with Gasteiger partial charge in [0.25, 0.3) is 5.91 Å². The highest BCUT2D eigenvalue weighted by atomic mass is 32.2. The van der Waals surface area contributed by atoms with Crippen molar-refractivity contribution in [3.05, 3.63) is 88.3 Å². The molecule has 8 nitrogen and oxygen atoms in total. The average molecular weight is 700 g/mol. The summed E-state index contributed by atoms with van der Waals surface area (Å²) in [6.45, 7) is 9.51. The molecule has 1 N–H and O–H groups in total. The fourth-order valence-corrected chi connectivity index (χ4v) is 12.2. The number of thiophene rings is 1. The van der Waals surface area contributed by atoms with Crippen LogP contribution >= 0.6 is 22.7 Å². The third kappa shape index (κ3) is 5.60. The van der Waals surface area contributed by atoms with Gasteiger partial charge >= 0.3 is 0 Å². The minimum absolute atomic E-state index is 0.00147. The SMILES string of the molecule is Cc1c(Cc2ccc3c(c2)OCO3)sc(NC(=O)c2ccc(S(=O)(=O)N3CC4(C)CC3CC(C)(C)C4)cc2)c1-c1nc2ccccc2s1. The molecule has 2 bridgehead atoms. The number of rotatable bonds is 7. The standard InChI is InChI=1S/C37H37N3O5S3/c1-22-31(16-23-9-14-28-29(15-23)45-21-44-28)47-35(32(22)34-38-27-7-5-6-8-30(27)46-34)39-33(41)24-10-12-26(13-11-24)48(42,43)40-20-37(4)18-25(40)17-36(2,3)19-37/h5-15,25H,16-21H2,1-4H3,(H,39,41). The normalized spacial score (nSPS) is 21.5. The van der Waals surface area contributed by atoms with E-state index in [4.69, 9.17) is 14.5 Å². The van der Waals surface area contributed by atoms with Crippen molar-refractivity contribution in [1.29, 1.82) is 0 Å². The van der Waals surface area contributed by atoms with E-state index in [0.29, 0.717) is 23.5 Å². The largest absolute Gasteiger partial charge is 0.454 e. The Morgan fingerprint density at radius 3 is 2.56 bits per heavy atom. The maximum absolute atomic E-state index is 13.8. The Morgan fingerprint density at radius 1 is 1.00 bits per heavy atom. The molecule has 8 rings (SSSR count). The number of amides is 1. The molecule has 5 aromatic rings. The smallest absolute Gasteiger partial charge is 0.256 e. The van der Waals surface area contributed by atoms with E-state index in [9.17, 15) is 13.2 Å². The zero-order valence-corrected chi connectivity index (χ0v) is 29.8. The number of hydrogen-bond donors (Lipinski definition) is 1. The molecular weight excluding hydrogens is 663 g/mol. The van der Waals surface area contributed by atoms with Crippen molar-refractivity contribution >= 4 is 53.8 Å². The molecule has 1 saturated heterocycles. The molecule has 48 heavy (non-hydrogen) atoms. The maximum atomic E-state index is 13.8. The Labute approximate surface area is 288 Å². The highest BCUT2D eigenvalue weighted by Crippen LogP contribution is 2.54. The summed E-state index contributed by atoms with van der Waals surface area (Å²) < 4.78 is 41.6. The quantitative estimate of drug-likeness (QED) is 0.183. The van der Waals surface area contributed by atoms with Gasteiger partial charge in [0.2, 0.25) is 16.8 Å². The number of para-hydroxylation sites is 1. The minimum Gasteiger partial charge on any atom is -0.454 e. The van der Waals surface area contributed by atoms with Gasteiger partial charge in [-0.3, -0.25) is 4.79 Å².